The third-order valence-electron chi connectivity index (χ3n) is 3.47. The summed E-state index contributed by atoms with van der Waals surface area (Å²) in [5.74, 6) is 1.15. The van der Waals surface area contributed by atoms with Gasteiger partial charge in [-0.1, -0.05) is 0 Å². The van der Waals surface area contributed by atoms with E-state index in [0.717, 1.165) is 12.2 Å². The number of rotatable bonds is 4. The van der Waals surface area contributed by atoms with E-state index in [1.807, 2.05) is 11.8 Å². The van der Waals surface area contributed by atoms with Gasteiger partial charge in [-0.05, 0) is 0 Å². The van der Waals surface area contributed by atoms with E-state index >= 15 is 0 Å². The zero-order chi connectivity index (χ0) is 13.2. The Morgan fingerprint density at radius 1 is 1.20 bits per heavy atom. The molecule has 0 nitrogen and oxygen atoms in total. The first-order chi connectivity index (χ1) is 8.57. The Morgan fingerprint density at radius 2 is 1.85 bits per heavy atom. The van der Waals surface area contributed by atoms with Crippen LogP contribution in [-0.2, 0) is 20.4 Å². The summed E-state index contributed by atoms with van der Waals surface area (Å²) in [6.45, 7) is 7.20. The average Bonchev–Trinajstić information content (AvgIpc) is 2.77. The van der Waals surface area contributed by atoms with Gasteiger partial charge in [0, 0.05) is 0 Å². The van der Waals surface area contributed by atoms with Gasteiger partial charge in [0.05, 0.1) is 0 Å². The van der Waals surface area contributed by atoms with Crippen LogP contribution in [0.4, 0.5) is 0 Å². The van der Waals surface area contributed by atoms with Crippen molar-refractivity contribution >= 4 is 25.0 Å². The van der Waals surface area contributed by atoms with Gasteiger partial charge >= 0.3 is 128 Å². The monoisotopic (exact) mass is 377 g/mol. The Kier molecular flexibility index (Phi) is 9.12. The van der Waals surface area contributed by atoms with Crippen LogP contribution < -0.4 is 30.0 Å². The molecule has 1 aromatic rings. The second kappa shape index (κ2) is 8.87. The molecule has 0 N–H and O–H groups in total. The first-order valence-electron chi connectivity index (χ1n) is 6.41. The first kappa shape index (κ1) is 20.6. The maximum absolute atomic E-state index is 2.48. The summed E-state index contributed by atoms with van der Waals surface area (Å²) in [7, 11) is -1.52. The van der Waals surface area contributed by atoms with E-state index in [9.17, 15) is 0 Å². The summed E-state index contributed by atoms with van der Waals surface area (Å²) < 4.78 is 1.57. The van der Waals surface area contributed by atoms with E-state index in [-0.39, 0.29) is 24.8 Å². The first-order valence-corrected chi connectivity index (χ1v) is 11.2. The second-order valence-corrected chi connectivity index (χ2v) is 11.6. The van der Waals surface area contributed by atoms with E-state index in [1.165, 1.54) is 4.90 Å². The quantitative estimate of drug-likeness (QED) is 0.433. The van der Waals surface area contributed by atoms with Crippen molar-refractivity contribution in [2.45, 2.75) is 31.3 Å². The van der Waals surface area contributed by atoms with Gasteiger partial charge in [-0.15, -0.1) is 0 Å². The van der Waals surface area contributed by atoms with Crippen LogP contribution in [0, 0.1) is 0 Å². The molecule has 1 aromatic carbocycles. The molecule has 20 heavy (non-hydrogen) atoms. The smallest absolute Gasteiger partial charge is 1.00 e. The van der Waals surface area contributed by atoms with Gasteiger partial charge in [0.2, 0.25) is 0 Å². The maximum Gasteiger partial charge on any atom is -1.00 e. The molecule has 0 heterocycles. The molecule has 0 unspecified atom stereocenters. The Labute approximate surface area is 152 Å². The van der Waals surface area contributed by atoms with Crippen molar-refractivity contribution in [1.82, 2.24) is 0 Å². The molecule has 107 valence electrons. The van der Waals surface area contributed by atoms with Gasteiger partial charge in [0.15, 0.2) is 0 Å². The van der Waals surface area contributed by atoms with Crippen LogP contribution in [0.1, 0.15) is 13.3 Å². The van der Waals surface area contributed by atoms with Gasteiger partial charge in [-0.3, -0.25) is 0 Å². The summed E-state index contributed by atoms with van der Waals surface area (Å²) in [6.07, 6.45) is 5.83. The van der Waals surface area contributed by atoms with Crippen LogP contribution in [0.5, 0.6) is 0 Å². The molecule has 0 spiro atoms. The van der Waals surface area contributed by atoms with Crippen LogP contribution in [0.3, 0.4) is 0 Å². The SMILES string of the molecule is CCSc1ccccc1[Si](C)(C)C1=[C]([Ti+2])CC=C1.[Cl-].[Cl-]. The van der Waals surface area contributed by atoms with Crippen LogP contribution >= 0.6 is 11.8 Å². The van der Waals surface area contributed by atoms with Gasteiger partial charge in [0.25, 0.3) is 0 Å². The van der Waals surface area contributed by atoms with Crippen molar-refractivity contribution in [3.8, 4) is 0 Å². The average molecular weight is 378 g/mol. The van der Waals surface area contributed by atoms with Crippen LogP contribution in [0.15, 0.2) is 50.4 Å². The molecule has 0 aromatic heterocycles. The normalized spacial score (nSPS) is 14.1. The van der Waals surface area contributed by atoms with E-state index in [0.29, 0.717) is 0 Å². The van der Waals surface area contributed by atoms with Crippen LogP contribution in [0.2, 0.25) is 13.1 Å². The zero-order valence-electron chi connectivity index (χ0n) is 12.0. The standard InChI is InChI=1S/C15H19SSi.2ClH.Ti/c1-4-16-14-11-7-8-12-15(14)17(2,3)13-9-5-6-10-13;;;/h5,7-9,11-12H,4,6H2,1-3H3;2*1H;/q;;;+2/p-2. The summed E-state index contributed by atoms with van der Waals surface area (Å²) in [6, 6.07) is 8.99. The molecule has 0 fully saturated rings. The zero-order valence-corrected chi connectivity index (χ0v) is 16.9. The molecule has 5 heteroatoms. The minimum Gasteiger partial charge on any atom is -1.00 e. The molecule has 2 rings (SSSR count). The van der Waals surface area contributed by atoms with Gasteiger partial charge in [-0.25, -0.2) is 0 Å². The predicted octanol–water partition coefficient (Wildman–Crippen LogP) is -1.98. The second-order valence-electron chi connectivity index (χ2n) is 5.05. The van der Waals surface area contributed by atoms with Crippen molar-refractivity contribution in [3.63, 3.8) is 0 Å². The Balaban J connectivity index is 0.00000180. The molecule has 0 amide bonds. The fourth-order valence-electron chi connectivity index (χ4n) is 2.50. The third-order valence-corrected chi connectivity index (χ3v) is 9.33. The van der Waals surface area contributed by atoms with Gasteiger partial charge in [-0.2, -0.15) is 0 Å². The molecule has 0 bridgehead atoms. The summed E-state index contributed by atoms with van der Waals surface area (Å²) in [4.78, 5) is 1.48. The van der Waals surface area contributed by atoms with E-state index in [2.05, 4.69) is 76.9 Å². The maximum atomic E-state index is 2.48. The molecule has 0 radical (unpaired) electrons. The summed E-state index contributed by atoms with van der Waals surface area (Å²) in [5.41, 5.74) is 0. The molecule has 0 atom stereocenters. The Bertz CT molecular complexity index is 512. The van der Waals surface area contributed by atoms with Crippen molar-refractivity contribution in [2.75, 3.05) is 5.75 Å². The number of thioether (sulfide) groups is 1. The third kappa shape index (κ3) is 4.28. The molecular weight excluding hydrogens is 359 g/mol. The molecule has 0 aliphatic heterocycles. The largest absolute Gasteiger partial charge is 1.00 e. The summed E-state index contributed by atoms with van der Waals surface area (Å²) >= 11 is 4.27. The van der Waals surface area contributed by atoms with Crippen LogP contribution in [0.25, 0.3) is 0 Å². The fourth-order valence-corrected chi connectivity index (χ4v) is 8.86. The fraction of sp³-hybridized carbons (Fsp3) is 0.333. The number of halogens is 2. The predicted molar refractivity (Wildman–Crippen MR) is 80.7 cm³/mol. The summed E-state index contributed by atoms with van der Waals surface area (Å²) in [5, 5.41) is 3.23. The topological polar surface area (TPSA) is 0 Å². The number of hydrogen-bond donors (Lipinski definition) is 0. The Hall–Kier alpha value is 0.561. The number of hydrogen-bond acceptors (Lipinski definition) is 1. The van der Waals surface area contributed by atoms with Crippen molar-refractivity contribution in [1.29, 1.82) is 0 Å². The molecular formula is C15H19Cl2SSiTi. The van der Waals surface area contributed by atoms with Gasteiger partial charge in [0.1, 0.15) is 0 Å². The molecule has 1 aliphatic carbocycles. The van der Waals surface area contributed by atoms with E-state index in [1.54, 1.807) is 14.3 Å². The van der Waals surface area contributed by atoms with Crippen molar-refractivity contribution < 1.29 is 45.2 Å². The van der Waals surface area contributed by atoms with Crippen LogP contribution in [-0.4, -0.2) is 13.8 Å². The van der Waals surface area contributed by atoms with E-state index < -0.39 is 8.07 Å². The molecule has 0 saturated heterocycles. The molecule has 0 saturated carbocycles. The van der Waals surface area contributed by atoms with E-state index in [4.69, 9.17) is 0 Å². The Morgan fingerprint density at radius 3 is 2.40 bits per heavy atom. The van der Waals surface area contributed by atoms with Crippen molar-refractivity contribution in [3.05, 3.63) is 45.5 Å². The van der Waals surface area contributed by atoms with Crippen molar-refractivity contribution in [2.24, 2.45) is 0 Å². The molecule has 1 aliphatic rings. The number of benzene rings is 1. The minimum absolute atomic E-state index is 0. The minimum atomic E-state index is -1.52. The van der Waals surface area contributed by atoms with Gasteiger partial charge < -0.3 is 24.8 Å². The number of allylic oxidation sites excluding steroid dienone is 4.